The van der Waals surface area contributed by atoms with Crippen LogP contribution in [0.2, 0.25) is 0 Å². The summed E-state index contributed by atoms with van der Waals surface area (Å²) < 4.78 is 32.5. The van der Waals surface area contributed by atoms with Crippen LogP contribution in [0.4, 0.5) is 14.5 Å². The Morgan fingerprint density at radius 1 is 0.750 bits per heavy atom. The van der Waals surface area contributed by atoms with Crippen molar-refractivity contribution in [2.24, 2.45) is 5.92 Å². The first-order valence-corrected chi connectivity index (χ1v) is 13.5. The van der Waals surface area contributed by atoms with Crippen molar-refractivity contribution in [3.8, 4) is 0 Å². The molecule has 7 nitrogen and oxygen atoms in total. The molecule has 0 spiro atoms. The van der Waals surface area contributed by atoms with Crippen LogP contribution in [0.3, 0.4) is 0 Å². The third-order valence-corrected chi connectivity index (χ3v) is 7.96. The molecule has 0 saturated carbocycles. The summed E-state index contributed by atoms with van der Waals surface area (Å²) in [6, 6.07) is 19.4. The highest BCUT2D eigenvalue weighted by atomic mass is 19.1. The van der Waals surface area contributed by atoms with E-state index in [9.17, 15) is 34.0 Å². The summed E-state index contributed by atoms with van der Waals surface area (Å²) in [5.74, 6) is -0.993. The van der Waals surface area contributed by atoms with E-state index < -0.39 is 37.1 Å². The molecule has 212 valence electrons. The molecule has 4 N–H and O–H groups in total. The minimum Gasteiger partial charge on any atom is -0.394 e. The molecule has 0 aliphatic carbocycles. The predicted molar refractivity (Wildman–Crippen MR) is 143 cm³/mol. The van der Waals surface area contributed by atoms with Crippen molar-refractivity contribution in [2.75, 3.05) is 11.5 Å². The van der Waals surface area contributed by atoms with Crippen LogP contribution >= 0.6 is 0 Å². The van der Waals surface area contributed by atoms with Gasteiger partial charge in [-0.2, -0.15) is 0 Å². The van der Waals surface area contributed by atoms with E-state index >= 15 is 0 Å². The molecule has 2 fully saturated rings. The molecular formula is C31H33F2NO6. The quantitative estimate of drug-likeness (QED) is 0.303. The van der Waals surface area contributed by atoms with Gasteiger partial charge in [0, 0.05) is 12.1 Å². The number of benzene rings is 3. The molecule has 2 aliphatic heterocycles. The van der Waals surface area contributed by atoms with Gasteiger partial charge in [0.1, 0.15) is 36.1 Å². The standard InChI is InChI=1S/C31H33F2NO6/c32-21-10-6-18(7-11-21)2-1-3-24-27(34(31(24)39)23-14-12-22(33)13-15-23)20-8-4-19(5-9-20)16-25-28(36)30(38)29(37)26(17-35)40-25/h4-15,24-30,35-38H,1-3,16-17H2/t24-,25+,26+,27+,28+,29+,30+/m0/s1. The Kier molecular flexibility index (Phi) is 8.58. The van der Waals surface area contributed by atoms with Crippen molar-refractivity contribution >= 4 is 11.6 Å². The Bertz CT molecular complexity index is 1280. The fraction of sp³-hybridized carbons (Fsp3) is 0.387. The van der Waals surface area contributed by atoms with Gasteiger partial charge in [-0.3, -0.25) is 4.79 Å². The third-order valence-electron chi connectivity index (χ3n) is 7.96. The van der Waals surface area contributed by atoms with E-state index in [4.69, 9.17) is 4.74 Å². The summed E-state index contributed by atoms with van der Waals surface area (Å²) in [4.78, 5) is 14.9. The van der Waals surface area contributed by atoms with Gasteiger partial charge in [0.2, 0.25) is 5.91 Å². The fourth-order valence-electron chi connectivity index (χ4n) is 5.71. The Morgan fingerprint density at radius 3 is 1.95 bits per heavy atom. The number of anilines is 1. The summed E-state index contributed by atoms with van der Waals surface area (Å²) in [7, 11) is 0. The average molecular weight is 554 g/mol. The number of nitrogens with zero attached hydrogens (tertiary/aromatic N) is 1. The lowest BCUT2D eigenvalue weighted by Gasteiger charge is -2.48. The van der Waals surface area contributed by atoms with Crippen molar-refractivity contribution in [1.82, 2.24) is 0 Å². The van der Waals surface area contributed by atoms with E-state index in [1.807, 2.05) is 24.3 Å². The van der Waals surface area contributed by atoms with Crippen molar-refractivity contribution in [3.63, 3.8) is 0 Å². The van der Waals surface area contributed by atoms with Gasteiger partial charge in [0.25, 0.3) is 0 Å². The van der Waals surface area contributed by atoms with E-state index in [2.05, 4.69) is 0 Å². The number of aliphatic hydroxyl groups excluding tert-OH is 4. The van der Waals surface area contributed by atoms with E-state index in [0.717, 1.165) is 23.1 Å². The van der Waals surface area contributed by atoms with Gasteiger partial charge in [-0.15, -0.1) is 0 Å². The summed E-state index contributed by atoms with van der Waals surface area (Å²) in [5.41, 5.74) is 3.31. The van der Waals surface area contributed by atoms with E-state index in [-0.39, 0.29) is 35.9 Å². The summed E-state index contributed by atoms with van der Waals surface area (Å²) in [6.07, 6.45) is -3.62. The monoisotopic (exact) mass is 553 g/mol. The Hall–Kier alpha value is -3.21. The highest BCUT2D eigenvalue weighted by Gasteiger charge is 2.48. The highest BCUT2D eigenvalue weighted by Crippen LogP contribution is 2.45. The Morgan fingerprint density at radius 2 is 1.32 bits per heavy atom. The predicted octanol–water partition coefficient (Wildman–Crippen LogP) is 3.08. The zero-order valence-electron chi connectivity index (χ0n) is 21.8. The summed E-state index contributed by atoms with van der Waals surface area (Å²) in [5, 5.41) is 40.0. The zero-order valence-corrected chi connectivity index (χ0v) is 21.8. The first kappa shape index (κ1) is 28.3. The molecular weight excluding hydrogens is 520 g/mol. The lowest BCUT2D eigenvalue weighted by Crippen LogP contribution is -2.59. The number of halogens is 2. The molecule has 40 heavy (non-hydrogen) atoms. The SMILES string of the molecule is O=C1[C@@H](CCCc2ccc(F)cc2)[C@@H](c2ccc(C[C@H]3O[C@H](CO)[C@@H](O)[C@H](O)[C@@H]3O)cc2)N1c1ccc(F)cc1. The molecule has 5 rings (SSSR count). The van der Waals surface area contributed by atoms with Crippen molar-refractivity contribution < 1.29 is 38.7 Å². The summed E-state index contributed by atoms with van der Waals surface area (Å²) in [6.45, 7) is -0.488. The number of carbonyl (C=O) groups is 1. The number of aliphatic hydroxyl groups is 4. The molecule has 3 aromatic rings. The van der Waals surface area contributed by atoms with Crippen LogP contribution in [0.1, 0.15) is 35.6 Å². The highest BCUT2D eigenvalue weighted by molar-refractivity contribution is 6.03. The van der Waals surface area contributed by atoms with Crippen molar-refractivity contribution in [3.05, 3.63) is 101 Å². The molecule has 0 aromatic heterocycles. The van der Waals surface area contributed by atoms with Crippen LogP contribution in [0.25, 0.3) is 0 Å². The zero-order chi connectivity index (χ0) is 28.4. The van der Waals surface area contributed by atoms with Gasteiger partial charge in [0.15, 0.2) is 0 Å². The normalized spacial score (nSPS) is 28.4. The van der Waals surface area contributed by atoms with Crippen LogP contribution in [0.5, 0.6) is 0 Å². The number of carbonyl (C=O) groups excluding carboxylic acids is 1. The second kappa shape index (κ2) is 12.1. The third kappa shape index (κ3) is 5.80. The number of amides is 1. The molecule has 9 heteroatoms. The lowest BCUT2D eigenvalue weighted by molar-refractivity contribution is -0.228. The number of hydrogen-bond donors (Lipinski definition) is 4. The maximum atomic E-state index is 13.6. The molecule has 2 heterocycles. The average Bonchev–Trinajstić information content (AvgIpc) is 2.96. The van der Waals surface area contributed by atoms with Crippen LogP contribution in [-0.4, -0.2) is 63.5 Å². The Balaban J connectivity index is 1.31. The van der Waals surface area contributed by atoms with Crippen molar-refractivity contribution in [2.45, 2.75) is 62.2 Å². The summed E-state index contributed by atoms with van der Waals surface area (Å²) >= 11 is 0. The van der Waals surface area contributed by atoms with Gasteiger partial charge < -0.3 is 30.1 Å². The number of aryl methyl sites for hydroxylation is 1. The van der Waals surface area contributed by atoms with Gasteiger partial charge in [-0.1, -0.05) is 36.4 Å². The van der Waals surface area contributed by atoms with Gasteiger partial charge in [0.05, 0.1) is 24.7 Å². The Labute approximate surface area is 231 Å². The molecule has 2 aliphatic rings. The topological polar surface area (TPSA) is 110 Å². The molecule has 2 saturated heterocycles. The van der Waals surface area contributed by atoms with Crippen molar-refractivity contribution in [1.29, 1.82) is 0 Å². The van der Waals surface area contributed by atoms with E-state index in [0.29, 0.717) is 18.5 Å². The number of ether oxygens (including phenoxy) is 1. The minimum atomic E-state index is -1.43. The molecule has 7 atom stereocenters. The number of β-lactam (4-membered cyclic amide) rings is 1. The minimum absolute atomic E-state index is 0.0406. The number of rotatable bonds is 9. The first-order chi connectivity index (χ1) is 19.3. The van der Waals surface area contributed by atoms with E-state index in [1.54, 1.807) is 29.2 Å². The second-order valence-electron chi connectivity index (χ2n) is 10.6. The van der Waals surface area contributed by atoms with Crippen LogP contribution < -0.4 is 4.90 Å². The van der Waals surface area contributed by atoms with Gasteiger partial charge in [-0.05, 0) is 72.4 Å². The smallest absolute Gasteiger partial charge is 0.233 e. The maximum Gasteiger partial charge on any atom is 0.233 e. The lowest BCUT2D eigenvalue weighted by atomic mass is 9.78. The number of hydrogen-bond acceptors (Lipinski definition) is 6. The van der Waals surface area contributed by atoms with Gasteiger partial charge >= 0.3 is 0 Å². The molecule has 3 aromatic carbocycles. The first-order valence-electron chi connectivity index (χ1n) is 13.5. The molecule has 0 unspecified atom stereocenters. The second-order valence-corrected chi connectivity index (χ2v) is 10.6. The van der Waals surface area contributed by atoms with Crippen LogP contribution in [0, 0.1) is 17.6 Å². The maximum absolute atomic E-state index is 13.6. The van der Waals surface area contributed by atoms with Crippen LogP contribution in [0.15, 0.2) is 72.8 Å². The molecule has 1 amide bonds. The van der Waals surface area contributed by atoms with Crippen LogP contribution in [-0.2, 0) is 22.4 Å². The van der Waals surface area contributed by atoms with E-state index in [1.165, 1.54) is 24.3 Å². The largest absolute Gasteiger partial charge is 0.394 e. The molecule has 0 bridgehead atoms. The van der Waals surface area contributed by atoms with Gasteiger partial charge in [-0.25, -0.2) is 8.78 Å². The fourth-order valence-corrected chi connectivity index (χ4v) is 5.71. The molecule has 0 radical (unpaired) electrons.